The number of carboxylic acids is 1. The number of hydrogen-bond acceptors (Lipinski definition) is 3. The third-order valence-electron chi connectivity index (χ3n) is 3.14. The van der Waals surface area contributed by atoms with E-state index in [2.05, 4.69) is 10.6 Å². The molecule has 1 aromatic rings. The van der Waals surface area contributed by atoms with Crippen molar-refractivity contribution in [3.63, 3.8) is 0 Å². The lowest BCUT2D eigenvalue weighted by molar-refractivity contribution is -0.120. The van der Waals surface area contributed by atoms with Gasteiger partial charge in [-0.15, -0.1) is 0 Å². The zero-order valence-corrected chi connectivity index (χ0v) is 10.3. The Morgan fingerprint density at radius 3 is 2.84 bits per heavy atom. The highest BCUT2D eigenvalue weighted by Crippen LogP contribution is 2.19. The second-order valence-corrected chi connectivity index (χ2v) is 4.53. The van der Waals surface area contributed by atoms with Crippen molar-refractivity contribution in [1.82, 2.24) is 5.32 Å². The summed E-state index contributed by atoms with van der Waals surface area (Å²) >= 11 is 0. The molecule has 0 bridgehead atoms. The molecule has 1 heterocycles. The van der Waals surface area contributed by atoms with Gasteiger partial charge in [0.25, 0.3) is 0 Å². The van der Waals surface area contributed by atoms with E-state index in [1.165, 1.54) is 0 Å². The summed E-state index contributed by atoms with van der Waals surface area (Å²) in [6.07, 6.45) is 1.64. The number of halogens is 1. The Morgan fingerprint density at radius 2 is 2.21 bits per heavy atom. The van der Waals surface area contributed by atoms with Crippen molar-refractivity contribution in [3.8, 4) is 0 Å². The van der Waals surface area contributed by atoms with E-state index in [-0.39, 0.29) is 23.1 Å². The Balaban J connectivity index is 2.15. The van der Waals surface area contributed by atoms with Crippen LogP contribution in [0.1, 0.15) is 23.2 Å². The Bertz CT molecular complexity index is 499. The summed E-state index contributed by atoms with van der Waals surface area (Å²) in [6, 6.07) is 3.23. The number of amides is 1. The Hall–Kier alpha value is -1.95. The number of rotatable bonds is 3. The van der Waals surface area contributed by atoms with Gasteiger partial charge in [-0.3, -0.25) is 4.79 Å². The summed E-state index contributed by atoms with van der Waals surface area (Å²) in [4.78, 5) is 23.0. The largest absolute Gasteiger partial charge is 0.478 e. The second-order valence-electron chi connectivity index (χ2n) is 4.53. The van der Waals surface area contributed by atoms with E-state index in [1.54, 1.807) is 0 Å². The van der Waals surface area contributed by atoms with Gasteiger partial charge in [-0.1, -0.05) is 0 Å². The van der Waals surface area contributed by atoms with Crippen LogP contribution in [-0.2, 0) is 4.79 Å². The van der Waals surface area contributed by atoms with Gasteiger partial charge in [0.15, 0.2) is 0 Å². The summed E-state index contributed by atoms with van der Waals surface area (Å²) in [5, 5.41) is 14.6. The molecule has 3 N–H and O–H groups in total. The highest BCUT2D eigenvalue weighted by atomic mass is 19.1. The Labute approximate surface area is 109 Å². The minimum Gasteiger partial charge on any atom is -0.478 e. The van der Waals surface area contributed by atoms with Crippen LogP contribution in [0.3, 0.4) is 0 Å². The lowest BCUT2D eigenvalue weighted by Crippen LogP contribution is -2.37. The minimum absolute atomic E-state index is 0.00285. The average molecular weight is 266 g/mol. The van der Waals surface area contributed by atoms with Crippen molar-refractivity contribution in [1.29, 1.82) is 0 Å². The van der Waals surface area contributed by atoms with Gasteiger partial charge in [0.05, 0.1) is 17.2 Å². The first-order chi connectivity index (χ1) is 9.08. The van der Waals surface area contributed by atoms with Gasteiger partial charge in [-0.2, -0.15) is 0 Å². The number of benzene rings is 1. The molecule has 0 aliphatic carbocycles. The number of nitrogens with one attached hydrogen (secondary N) is 2. The normalized spacial score (nSPS) is 18.9. The molecule has 1 saturated heterocycles. The van der Waals surface area contributed by atoms with Crippen LogP contribution in [0.15, 0.2) is 18.2 Å². The van der Waals surface area contributed by atoms with Gasteiger partial charge in [0.1, 0.15) is 5.82 Å². The second kappa shape index (κ2) is 5.79. The van der Waals surface area contributed by atoms with Crippen molar-refractivity contribution < 1.29 is 19.1 Å². The highest BCUT2D eigenvalue weighted by Gasteiger charge is 2.22. The van der Waals surface area contributed by atoms with Gasteiger partial charge in [-0.25, -0.2) is 9.18 Å². The van der Waals surface area contributed by atoms with Crippen molar-refractivity contribution in [2.45, 2.75) is 12.8 Å². The standard InChI is InChI=1S/C13H15FN2O3/c14-9-3-4-10(13(18)19)11(6-9)16-12(17)8-2-1-5-15-7-8/h3-4,6,8,15H,1-2,5,7H2,(H,16,17)(H,18,19)/t8-/m0/s1. The predicted octanol–water partition coefficient (Wildman–Crippen LogP) is 1.46. The Kier molecular flexibility index (Phi) is 4.11. The molecule has 0 aromatic heterocycles. The summed E-state index contributed by atoms with van der Waals surface area (Å²) in [5.74, 6) is -2.27. The number of carboxylic acid groups (broad SMARTS) is 1. The van der Waals surface area contributed by atoms with Crippen LogP contribution in [0.5, 0.6) is 0 Å². The lowest BCUT2D eigenvalue weighted by atomic mass is 9.98. The first kappa shape index (κ1) is 13.5. The maximum Gasteiger partial charge on any atom is 0.337 e. The van der Waals surface area contributed by atoms with Gasteiger partial charge < -0.3 is 15.7 Å². The third-order valence-corrected chi connectivity index (χ3v) is 3.14. The van der Waals surface area contributed by atoms with Crippen molar-refractivity contribution >= 4 is 17.6 Å². The Morgan fingerprint density at radius 1 is 1.42 bits per heavy atom. The fourth-order valence-electron chi connectivity index (χ4n) is 2.12. The number of hydrogen-bond donors (Lipinski definition) is 3. The zero-order chi connectivity index (χ0) is 13.8. The van der Waals surface area contributed by atoms with Crippen LogP contribution in [-0.4, -0.2) is 30.1 Å². The SMILES string of the molecule is O=C(O)c1ccc(F)cc1NC(=O)[C@H]1CCCNC1. The molecule has 0 saturated carbocycles. The molecule has 1 amide bonds. The molecule has 1 fully saturated rings. The molecule has 2 rings (SSSR count). The maximum atomic E-state index is 13.1. The molecule has 1 atom stereocenters. The molecule has 1 aliphatic heterocycles. The van der Waals surface area contributed by atoms with Crippen molar-refractivity contribution in [2.24, 2.45) is 5.92 Å². The molecule has 6 heteroatoms. The minimum atomic E-state index is -1.20. The van der Waals surface area contributed by atoms with Crippen LogP contribution in [0.4, 0.5) is 10.1 Å². The van der Waals surface area contributed by atoms with Gasteiger partial charge in [-0.05, 0) is 37.6 Å². The molecular weight excluding hydrogens is 251 g/mol. The molecule has 19 heavy (non-hydrogen) atoms. The first-order valence-electron chi connectivity index (χ1n) is 6.12. The van der Waals surface area contributed by atoms with E-state index in [4.69, 9.17) is 5.11 Å². The third kappa shape index (κ3) is 3.29. The van der Waals surface area contributed by atoms with Gasteiger partial charge in [0, 0.05) is 6.54 Å². The molecule has 5 nitrogen and oxygen atoms in total. The number of aromatic carboxylic acids is 1. The fraction of sp³-hybridized carbons (Fsp3) is 0.385. The van der Waals surface area contributed by atoms with Crippen LogP contribution in [0.2, 0.25) is 0 Å². The van der Waals surface area contributed by atoms with Crippen molar-refractivity contribution in [3.05, 3.63) is 29.6 Å². The number of anilines is 1. The molecule has 0 radical (unpaired) electrons. The molecule has 102 valence electrons. The molecular formula is C13H15FN2O3. The molecule has 0 unspecified atom stereocenters. The van der Waals surface area contributed by atoms with E-state index in [0.29, 0.717) is 6.54 Å². The van der Waals surface area contributed by atoms with E-state index in [9.17, 15) is 14.0 Å². The van der Waals surface area contributed by atoms with Crippen LogP contribution in [0.25, 0.3) is 0 Å². The van der Waals surface area contributed by atoms with Crippen LogP contribution < -0.4 is 10.6 Å². The predicted molar refractivity (Wildman–Crippen MR) is 67.6 cm³/mol. The van der Waals surface area contributed by atoms with Crippen molar-refractivity contribution in [2.75, 3.05) is 18.4 Å². The molecule has 0 spiro atoms. The van der Waals surface area contributed by atoms with E-state index in [1.807, 2.05) is 0 Å². The summed E-state index contributed by atoms with van der Waals surface area (Å²) in [6.45, 7) is 1.44. The van der Waals surface area contributed by atoms with E-state index in [0.717, 1.165) is 37.6 Å². The van der Waals surface area contributed by atoms with E-state index >= 15 is 0 Å². The van der Waals surface area contributed by atoms with Gasteiger partial charge >= 0.3 is 5.97 Å². The lowest BCUT2D eigenvalue weighted by Gasteiger charge is -2.22. The molecule has 1 aromatic carbocycles. The average Bonchev–Trinajstić information content (AvgIpc) is 2.39. The number of carbonyl (C=O) groups is 2. The molecule has 1 aliphatic rings. The maximum absolute atomic E-state index is 13.1. The topological polar surface area (TPSA) is 78.4 Å². The van der Waals surface area contributed by atoms with Crippen LogP contribution >= 0.6 is 0 Å². The summed E-state index contributed by atoms with van der Waals surface area (Å²) in [7, 11) is 0. The quantitative estimate of drug-likeness (QED) is 0.774. The number of carbonyl (C=O) groups excluding carboxylic acids is 1. The highest BCUT2D eigenvalue weighted by molar-refractivity contribution is 6.01. The van der Waals surface area contributed by atoms with Crippen LogP contribution in [0, 0.1) is 11.7 Å². The van der Waals surface area contributed by atoms with E-state index < -0.39 is 11.8 Å². The zero-order valence-electron chi connectivity index (χ0n) is 10.3. The monoisotopic (exact) mass is 266 g/mol. The van der Waals surface area contributed by atoms with Gasteiger partial charge in [0.2, 0.25) is 5.91 Å². The smallest absolute Gasteiger partial charge is 0.337 e. The fourth-order valence-corrected chi connectivity index (χ4v) is 2.12. The number of piperidine rings is 1. The first-order valence-corrected chi connectivity index (χ1v) is 6.12. The summed E-state index contributed by atoms with van der Waals surface area (Å²) in [5.41, 5.74) is -0.110. The summed E-state index contributed by atoms with van der Waals surface area (Å²) < 4.78 is 13.1.